The third-order valence-corrected chi connectivity index (χ3v) is 5.36. The lowest BCUT2D eigenvalue weighted by atomic mass is 10.1. The van der Waals surface area contributed by atoms with Gasteiger partial charge in [-0.05, 0) is 48.9 Å². The van der Waals surface area contributed by atoms with Crippen LogP contribution in [0.5, 0.6) is 0 Å². The van der Waals surface area contributed by atoms with Crippen molar-refractivity contribution in [3.8, 4) is 5.69 Å². The molecule has 5 nitrogen and oxygen atoms in total. The fourth-order valence-electron chi connectivity index (χ4n) is 2.73. The number of amides is 1. The minimum atomic E-state index is 0.0408. The third kappa shape index (κ3) is 4.33. The maximum Gasteiger partial charge on any atom is 0.222 e. The van der Waals surface area contributed by atoms with E-state index in [-0.39, 0.29) is 11.9 Å². The molecule has 130 valence electrons. The summed E-state index contributed by atoms with van der Waals surface area (Å²) in [5.41, 5.74) is 2.07. The average Bonchev–Trinajstić information content (AvgIpc) is 3.34. The lowest BCUT2D eigenvalue weighted by Gasteiger charge is -2.25. The molecule has 0 saturated carbocycles. The number of benzene rings is 1. The van der Waals surface area contributed by atoms with Crippen molar-refractivity contribution in [3.05, 3.63) is 64.9 Å². The van der Waals surface area contributed by atoms with Crippen molar-refractivity contribution in [1.29, 1.82) is 0 Å². The highest BCUT2D eigenvalue weighted by Gasteiger charge is 2.17. The van der Waals surface area contributed by atoms with Gasteiger partial charge >= 0.3 is 0 Å². The maximum absolute atomic E-state index is 12.4. The largest absolute Gasteiger partial charge is 0.339 e. The van der Waals surface area contributed by atoms with E-state index < -0.39 is 0 Å². The molecule has 0 aliphatic heterocycles. The molecular weight excluding hydrogens is 332 g/mol. The first-order valence-electron chi connectivity index (χ1n) is 8.38. The smallest absolute Gasteiger partial charge is 0.222 e. The summed E-state index contributed by atoms with van der Waals surface area (Å²) in [4.78, 5) is 19.6. The van der Waals surface area contributed by atoms with Crippen LogP contribution in [0.4, 0.5) is 0 Å². The summed E-state index contributed by atoms with van der Waals surface area (Å²) in [6.45, 7) is 2.06. The van der Waals surface area contributed by atoms with Crippen molar-refractivity contribution in [1.82, 2.24) is 19.7 Å². The number of aromatic nitrogens is 3. The van der Waals surface area contributed by atoms with Crippen LogP contribution in [0.15, 0.2) is 54.4 Å². The normalized spacial score (nSPS) is 12.1. The van der Waals surface area contributed by atoms with Crippen molar-refractivity contribution in [2.45, 2.75) is 32.2 Å². The molecular formula is C19H22N4OS. The fourth-order valence-corrected chi connectivity index (χ4v) is 3.48. The topological polar surface area (TPSA) is 51.0 Å². The summed E-state index contributed by atoms with van der Waals surface area (Å²) < 4.78 is 1.72. The van der Waals surface area contributed by atoms with Crippen molar-refractivity contribution in [3.63, 3.8) is 0 Å². The van der Waals surface area contributed by atoms with E-state index in [1.165, 1.54) is 11.2 Å². The van der Waals surface area contributed by atoms with Crippen LogP contribution < -0.4 is 0 Å². The number of rotatable bonds is 7. The molecule has 0 aliphatic rings. The van der Waals surface area contributed by atoms with Gasteiger partial charge < -0.3 is 4.90 Å². The summed E-state index contributed by atoms with van der Waals surface area (Å²) in [6, 6.07) is 12.3. The highest BCUT2D eigenvalue weighted by molar-refractivity contribution is 7.09. The highest BCUT2D eigenvalue weighted by Crippen LogP contribution is 2.21. The highest BCUT2D eigenvalue weighted by atomic mass is 32.1. The molecule has 1 aromatic carbocycles. The van der Waals surface area contributed by atoms with E-state index in [4.69, 9.17) is 0 Å². The number of hydrogen-bond acceptors (Lipinski definition) is 4. The molecule has 3 aromatic rings. The van der Waals surface area contributed by atoms with E-state index >= 15 is 0 Å². The van der Waals surface area contributed by atoms with Crippen LogP contribution in [0, 0.1) is 0 Å². The second kappa shape index (κ2) is 8.07. The van der Waals surface area contributed by atoms with Gasteiger partial charge in [-0.3, -0.25) is 4.79 Å². The number of carbonyl (C=O) groups is 1. The van der Waals surface area contributed by atoms with Crippen LogP contribution in [0.3, 0.4) is 0 Å². The number of thiophene rings is 1. The Kier molecular flexibility index (Phi) is 5.60. The number of nitrogens with zero attached hydrogens (tertiary/aromatic N) is 4. The molecule has 3 rings (SSSR count). The van der Waals surface area contributed by atoms with Gasteiger partial charge in [0.15, 0.2) is 0 Å². The first kappa shape index (κ1) is 17.4. The zero-order chi connectivity index (χ0) is 17.6. The lowest BCUT2D eigenvalue weighted by Crippen LogP contribution is -2.29. The van der Waals surface area contributed by atoms with Crippen LogP contribution in [0.1, 0.15) is 36.2 Å². The van der Waals surface area contributed by atoms with E-state index in [9.17, 15) is 4.79 Å². The van der Waals surface area contributed by atoms with Crippen molar-refractivity contribution < 1.29 is 4.79 Å². The van der Waals surface area contributed by atoms with Gasteiger partial charge in [-0.1, -0.05) is 18.2 Å². The maximum atomic E-state index is 12.4. The number of aryl methyl sites for hydroxylation is 1. The quantitative estimate of drug-likeness (QED) is 0.647. The number of hydrogen-bond donors (Lipinski definition) is 0. The minimum Gasteiger partial charge on any atom is -0.339 e. The Morgan fingerprint density at radius 3 is 2.72 bits per heavy atom. The van der Waals surface area contributed by atoms with E-state index in [0.717, 1.165) is 24.1 Å². The first-order chi connectivity index (χ1) is 12.1. The minimum absolute atomic E-state index is 0.0408. The summed E-state index contributed by atoms with van der Waals surface area (Å²) in [7, 11) is 1.88. The monoisotopic (exact) mass is 354 g/mol. The molecule has 0 fully saturated rings. The zero-order valence-electron chi connectivity index (χ0n) is 14.5. The SMILES string of the molecule is CC(c1ccc(-n2cncn2)cc1)N(C)C(=O)CCCc1cccs1. The molecule has 0 aliphatic carbocycles. The molecule has 2 heterocycles. The Hall–Kier alpha value is -2.47. The summed E-state index contributed by atoms with van der Waals surface area (Å²) >= 11 is 1.75. The van der Waals surface area contributed by atoms with E-state index in [1.54, 1.807) is 22.3 Å². The second-order valence-corrected chi connectivity index (χ2v) is 7.08. The predicted molar refractivity (Wildman–Crippen MR) is 99.8 cm³/mol. The van der Waals surface area contributed by atoms with E-state index in [2.05, 4.69) is 34.5 Å². The molecule has 0 spiro atoms. The van der Waals surface area contributed by atoms with E-state index in [1.807, 2.05) is 36.2 Å². The van der Waals surface area contributed by atoms with Crippen molar-refractivity contribution in [2.75, 3.05) is 7.05 Å². The van der Waals surface area contributed by atoms with Gasteiger partial charge in [-0.2, -0.15) is 5.10 Å². The van der Waals surface area contributed by atoms with Gasteiger partial charge in [0.2, 0.25) is 5.91 Å². The molecule has 0 radical (unpaired) electrons. The third-order valence-electron chi connectivity index (χ3n) is 4.43. The Morgan fingerprint density at radius 1 is 1.28 bits per heavy atom. The molecule has 0 bridgehead atoms. The van der Waals surface area contributed by atoms with Gasteiger partial charge in [0.25, 0.3) is 0 Å². The lowest BCUT2D eigenvalue weighted by molar-refractivity contribution is -0.131. The van der Waals surface area contributed by atoms with Crippen LogP contribution >= 0.6 is 11.3 Å². The Balaban J connectivity index is 1.55. The van der Waals surface area contributed by atoms with Gasteiger partial charge in [0, 0.05) is 18.3 Å². The molecule has 2 aromatic heterocycles. The van der Waals surface area contributed by atoms with Crippen LogP contribution in [-0.4, -0.2) is 32.6 Å². The summed E-state index contributed by atoms with van der Waals surface area (Å²) in [5.74, 6) is 0.185. The van der Waals surface area contributed by atoms with E-state index in [0.29, 0.717) is 6.42 Å². The predicted octanol–water partition coefficient (Wildman–Crippen LogP) is 3.87. The second-order valence-electron chi connectivity index (χ2n) is 6.05. The molecule has 0 N–H and O–H groups in total. The standard InChI is InChI=1S/C19H22N4OS/c1-15(16-8-10-17(11-9-16)23-14-20-13-21-23)22(2)19(24)7-3-5-18-6-4-12-25-18/h4,6,8-15H,3,5,7H2,1-2H3. The zero-order valence-corrected chi connectivity index (χ0v) is 15.3. The van der Waals surface area contributed by atoms with Crippen LogP contribution in [0.2, 0.25) is 0 Å². The average molecular weight is 354 g/mol. The van der Waals surface area contributed by atoms with Crippen LogP contribution in [0.25, 0.3) is 5.69 Å². The van der Waals surface area contributed by atoms with Crippen molar-refractivity contribution >= 4 is 17.2 Å². The van der Waals surface area contributed by atoms with Gasteiger partial charge in [0.1, 0.15) is 12.7 Å². The Morgan fingerprint density at radius 2 is 2.08 bits per heavy atom. The van der Waals surface area contributed by atoms with Gasteiger partial charge in [-0.25, -0.2) is 9.67 Å². The Labute approximate surface area is 151 Å². The van der Waals surface area contributed by atoms with Gasteiger partial charge in [-0.15, -0.1) is 11.3 Å². The molecule has 1 amide bonds. The summed E-state index contributed by atoms with van der Waals surface area (Å²) in [6.07, 6.45) is 5.62. The first-order valence-corrected chi connectivity index (χ1v) is 9.26. The van der Waals surface area contributed by atoms with Gasteiger partial charge in [0.05, 0.1) is 11.7 Å². The fraction of sp³-hybridized carbons (Fsp3) is 0.316. The van der Waals surface area contributed by atoms with Crippen LogP contribution in [-0.2, 0) is 11.2 Å². The molecule has 25 heavy (non-hydrogen) atoms. The van der Waals surface area contributed by atoms with Crippen molar-refractivity contribution in [2.24, 2.45) is 0 Å². The molecule has 1 atom stereocenters. The molecule has 1 unspecified atom stereocenters. The Bertz CT molecular complexity index is 781. The molecule has 6 heteroatoms. The molecule has 0 saturated heterocycles. The number of carbonyl (C=O) groups excluding carboxylic acids is 1. The summed E-state index contributed by atoms with van der Waals surface area (Å²) in [5, 5.41) is 6.20.